The van der Waals surface area contributed by atoms with E-state index in [1.165, 1.54) is 0 Å². The van der Waals surface area contributed by atoms with Crippen molar-refractivity contribution in [3.8, 4) is 0 Å². The molecule has 1 rings (SSSR count). The first-order valence-electron chi connectivity index (χ1n) is 4.77. The lowest BCUT2D eigenvalue weighted by atomic mass is 10.2. The van der Waals surface area contributed by atoms with E-state index in [9.17, 15) is 0 Å². The standard InChI is InChI=1S/C9H18N4/c1-7(2)13-8(3)11-12-9(13)5-4-6-10/h7H,4-6,10H2,1-3H3. The molecule has 0 aliphatic rings. The largest absolute Gasteiger partial charge is 0.330 e. The fourth-order valence-electron chi connectivity index (χ4n) is 1.52. The first-order valence-corrected chi connectivity index (χ1v) is 4.77. The third-order valence-electron chi connectivity index (χ3n) is 2.06. The summed E-state index contributed by atoms with van der Waals surface area (Å²) in [6, 6.07) is 0.433. The second-order valence-corrected chi connectivity index (χ2v) is 3.52. The molecule has 0 radical (unpaired) electrons. The molecular formula is C9H18N4. The molecular weight excluding hydrogens is 164 g/mol. The Kier molecular flexibility index (Phi) is 3.42. The van der Waals surface area contributed by atoms with Gasteiger partial charge in [0.2, 0.25) is 0 Å². The summed E-state index contributed by atoms with van der Waals surface area (Å²) in [6.45, 7) is 6.98. The van der Waals surface area contributed by atoms with Gasteiger partial charge < -0.3 is 10.3 Å². The van der Waals surface area contributed by atoms with E-state index in [1.54, 1.807) is 0 Å². The van der Waals surface area contributed by atoms with Crippen LogP contribution in [0.25, 0.3) is 0 Å². The Morgan fingerprint density at radius 2 is 2.08 bits per heavy atom. The van der Waals surface area contributed by atoms with Crippen LogP contribution < -0.4 is 5.73 Å². The lowest BCUT2D eigenvalue weighted by molar-refractivity contribution is 0.548. The Hall–Kier alpha value is -0.900. The van der Waals surface area contributed by atoms with Crippen molar-refractivity contribution in [3.63, 3.8) is 0 Å². The van der Waals surface area contributed by atoms with Gasteiger partial charge in [0, 0.05) is 12.5 Å². The molecule has 0 saturated heterocycles. The van der Waals surface area contributed by atoms with Crippen LogP contribution in [0, 0.1) is 6.92 Å². The second-order valence-electron chi connectivity index (χ2n) is 3.52. The van der Waals surface area contributed by atoms with Crippen LogP contribution in [-0.2, 0) is 6.42 Å². The van der Waals surface area contributed by atoms with Crippen LogP contribution in [0.15, 0.2) is 0 Å². The van der Waals surface area contributed by atoms with Gasteiger partial charge in [-0.15, -0.1) is 10.2 Å². The molecule has 4 heteroatoms. The smallest absolute Gasteiger partial charge is 0.133 e. The highest BCUT2D eigenvalue weighted by Crippen LogP contribution is 2.11. The van der Waals surface area contributed by atoms with Crippen LogP contribution in [0.4, 0.5) is 0 Å². The number of nitrogens with zero attached hydrogens (tertiary/aromatic N) is 3. The van der Waals surface area contributed by atoms with Gasteiger partial charge >= 0.3 is 0 Å². The molecule has 0 unspecified atom stereocenters. The molecule has 0 saturated carbocycles. The molecule has 0 aliphatic heterocycles. The molecule has 0 aromatic carbocycles. The van der Waals surface area contributed by atoms with Gasteiger partial charge in [-0.25, -0.2) is 0 Å². The van der Waals surface area contributed by atoms with Gasteiger partial charge in [-0.05, 0) is 33.7 Å². The van der Waals surface area contributed by atoms with Gasteiger partial charge in [0.25, 0.3) is 0 Å². The summed E-state index contributed by atoms with van der Waals surface area (Å²) in [5.41, 5.74) is 5.45. The van der Waals surface area contributed by atoms with E-state index in [1.807, 2.05) is 6.92 Å². The van der Waals surface area contributed by atoms with E-state index in [4.69, 9.17) is 5.73 Å². The van der Waals surface area contributed by atoms with E-state index >= 15 is 0 Å². The third-order valence-corrected chi connectivity index (χ3v) is 2.06. The predicted molar refractivity (Wildman–Crippen MR) is 52.5 cm³/mol. The lowest BCUT2D eigenvalue weighted by Gasteiger charge is -2.11. The molecule has 0 atom stereocenters. The van der Waals surface area contributed by atoms with E-state index in [-0.39, 0.29) is 0 Å². The molecule has 0 bridgehead atoms. The molecule has 1 aromatic heterocycles. The summed E-state index contributed by atoms with van der Waals surface area (Å²) in [7, 11) is 0. The normalized spacial score (nSPS) is 11.2. The van der Waals surface area contributed by atoms with E-state index in [2.05, 4.69) is 28.6 Å². The topological polar surface area (TPSA) is 56.7 Å². The van der Waals surface area contributed by atoms with Crippen molar-refractivity contribution in [2.24, 2.45) is 5.73 Å². The fraction of sp³-hybridized carbons (Fsp3) is 0.778. The Morgan fingerprint density at radius 1 is 1.38 bits per heavy atom. The van der Waals surface area contributed by atoms with E-state index in [0.717, 1.165) is 24.5 Å². The van der Waals surface area contributed by atoms with Gasteiger partial charge in [0.1, 0.15) is 11.6 Å². The molecule has 1 heterocycles. The highest BCUT2D eigenvalue weighted by molar-refractivity contribution is 4.96. The van der Waals surface area contributed by atoms with Crippen molar-refractivity contribution in [1.29, 1.82) is 0 Å². The molecule has 1 aromatic rings. The Bertz CT molecular complexity index is 265. The van der Waals surface area contributed by atoms with E-state index < -0.39 is 0 Å². The second kappa shape index (κ2) is 4.37. The number of hydrogen-bond donors (Lipinski definition) is 1. The first kappa shape index (κ1) is 10.2. The lowest BCUT2D eigenvalue weighted by Crippen LogP contribution is -2.10. The van der Waals surface area contributed by atoms with Crippen molar-refractivity contribution < 1.29 is 0 Å². The Morgan fingerprint density at radius 3 is 2.62 bits per heavy atom. The summed E-state index contributed by atoms with van der Waals surface area (Å²) in [5.74, 6) is 2.04. The number of nitrogens with two attached hydrogens (primary N) is 1. The fourth-order valence-corrected chi connectivity index (χ4v) is 1.52. The quantitative estimate of drug-likeness (QED) is 0.757. The molecule has 0 spiro atoms. The van der Waals surface area contributed by atoms with Crippen molar-refractivity contribution in [3.05, 3.63) is 11.6 Å². The minimum Gasteiger partial charge on any atom is -0.330 e. The Balaban J connectivity index is 2.81. The van der Waals surface area contributed by atoms with Crippen LogP contribution in [-0.4, -0.2) is 21.3 Å². The minimum atomic E-state index is 0.433. The van der Waals surface area contributed by atoms with E-state index in [0.29, 0.717) is 12.6 Å². The van der Waals surface area contributed by atoms with Crippen molar-refractivity contribution in [2.45, 2.75) is 39.7 Å². The van der Waals surface area contributed by atoms with Crippen LogP contribution in [0.2, 0.25) is 0 Å². The third kappa shape index (κ3) is 2.28. The van der Waals surface area contributed by atoms with Crippen LogP contribution in [0.1, 0.15) is 38.0 Å². The summed E-state index contributed by atoms with van der Waals surface area (Å²) in [4.78, 5) is 0. The van der Waals surface area contributed by atoms with Crippen molar-refractivity contribution >= 4 is 0 Å². The highest BCUT2D eigenvalue weighted by Gasteiger charge is 2.10. The maximum absolute atomic E-state index is 5.45. The average molecular weight is 182 g/mol. The zero-order valence-corrected chi connectivity index (χ0v) is 8.62. The van der Waals surface area contributed by atoms with Gasteiger partial charge in [-0.1, -0.05) is 0 Å². The first-order chi connectivity index (χ1) is 6.16. The van der Waals surface area contributed by atoms with Gasteiger partial charge in [-0.3, -0.25) is 0 Å². The summed E-state index contributed by atoms with van der Waals surface area (Å²) in [6.07, 6.45) is 1.90. The molecule has 74 valence electrons. The van der Waals surface area contributed by atoms with Crippen molar-refractivity contribution in [1.82, 2.24) is 14.8 Å². The number of rotatable bonds is 4. The molecule has 13 heavy (non-hydrogen) atoms. The van der Waals surface area contributed by atoms with Gasteiger partial charge in [0.05, 0.1) is 0 Å². The highest BCUT2D eigenvalue weighted by atomic mass is 15.3. The maximum atomic E-state index is 5.45. The summed E-state index contributed by atoms with van der Waals surface area (Å²) in [5, 5.41) is 8.19. The van der Waals surface area contributed by atoms with Crippen molar-refractivity contribution in [2.75, 3.05) is 6.54 Å². The van der Waals surface area contributed by atoms with Gasteiger partial charge in [0.15, 0.2) is 0 Å². The summed E-state index contributed by atoms with van der Waals surface area (Å²) < 4.78 is 2.16. The molecule has 4 nitrogen and oxygen atoms in total. The number of aromatic nitrogens is 3. The molecule has 0 fully saturated rings. The van der Waals surface area contributed by atoms with Gasteiger partial charge in [-0.2, -0.15) is 0 Å². The molecule has 0 amide bonds. The van der Waals surface area contributed by atoms with Crippen LogP contribution >= 0.6 is 0 Å². The summed E-state index contributed by atoms with van der Waals surface area (Å²) >= 11 is 0. The minimum absolute atomic E-state index is 0.433. The SMILES string of the molecule is Cc1nnc(CCCN)n1C(C)C. The zero-order valence-electron chi connectivity index (χ0n) is 8.62. The average Bonchev–Trinajstić information content (AvgIpc) is 2.43. The Labute approximate surface area is 79.2 Å². The number of aryl methyl sites for hydroxylation is 2. The maximum Gasteiger partial charge on any atom is 0.133 e. The molecule has 2 N–H and O–H groups in total. The van der Waals surface area contributed by atoms with Crippen LogP contribution in [0.3, 0.4) is 0 Å². The monoisotopic (exact) mass is 182 g/mol. The molecule has 0 aliphatic carbocycles. The zero-order chi connectivity index (χ0) is 9.84. The number of hydrogen-bond acceptors (Lipinski definition) is 3. The van der Waals surface area contributed by atoms with Crippen LogP contribution in [0.5, 0.6) is 0 Å². The predicted octanol–water partition coefficient (Wildman–Crippen LogP) is 1.06.